The molecule has 1 aromatic heterocycles. The lowest BCUT2D eigenvalue weighted by molar-refractivity contribution is -0.122. The molecule has 1 atom stereocenters. The van der Waals surface area contributed by atoms with Crippen LogP contribution in [0.25, 0.3) is 11.3 Å². The van der Waals surface area contributed by atoms with E-state index in [-0.39, 0.29) is 17.7 Å². The van der Waals surface area contributed by atoms with Crippen LogP contribution in [0, 0.1) is 6.92 Å². The number of amides is 1. The quantitative estimate of drug-likeness (QED) is 0.810. The van der Waals surface area contributed by atoms with Gasteiger partial charge in [0.05, 0.1) is 24.9 Å². The number of alkyl halides is 2. The number of anilines is 1. The summed E-state index contributed by atoms with van der Waals surface area (Å²) < 4.78 is 34.2. The van der Waals surface area contributed by atoms with E-state index in [0.717, 1.165) is 23.5 Å². The molecule has 146 valence electrons. The first kappa shape index (κ1) is 19.7. The third kappa shape index (κ3) is 5.00. The smallest absolute Gasteiger partial charge is 0.387 e. The number of benzene rings is 1. The van der Waals surface area contributed by atoms with Gasteiger partial charge < -0.3 is 14.8 Å². The Bertz CT molecular complexity index is 777. The molecule has 3 rings (SSSR count). The number of aromatic nitrogens is 1. The van der Waals surface area contributed by atoms with Crippen molar-refractivity contribution in [3.8, 4) is 17.0 Å². The summed E-state index contributed by atoms with van der Waals surface area (Å²) in [6.45, 7) is 3.62. The fraction of sp³-hybridized carbons (Fsp3) is 0.444. The number of morpholine rings is 1. The average Bonchev–Trinajstić information content (AvgIpc) is 3.02. The number of ether oxygens (including phenoxy) is 2. The maximum absolute atomic E-state index is 12.5. The maximum atomic E-state index is 12.5. The lowest BCUT2D eigenvalue weighted by Crippen LogP contribution is -2.47. The van der Waals surface area contributed by atoms with Crippen LogP contribution in [-0.4, -0.2) is 54.7 Å². The normalized spacial score (nSPS) is 16.3. The number of halogens is 2. The number of carbonyl (C=O) groups excluding carboxylic acids is 1. The largest absolute Gasteiger partial charge is 0.435 e. The molecule has 1 amide bonds. The van der Waals surface area contributed by atoms with Gasteiger partial charge in [-0.1, -0.05) is 0 Å². The van der Waals surface area contributed by atoms with Crippen molar-refractivity contribution >= 4 is 22.4 Å². The van der Waals surface area contributed by atoms with Crippen molar-refractivity contribution in [3.63, 3.8) is 0 Å². The molecule has 1 aliphatic rings. The molecule has 1 aliphatic heterocycles. The van der Waals surface area contributed by atoms with Crippen LogP contribution < -0.4 is 10.1 Å². The molecule has 1 unspecified atom stereocenters. The Morgan fingerprint density at radius 1 is 1.30 bits per heavy atom. The molecule has 2 heterocycles. The highest BCUT2D eigenvalue weighted by molar-refractivity contribution is 7.16. The van der Waals surface area contributed by atoms with Gasteiger partial charge in [-0.25, -0.2) is 4.98 Å². The fourth-order valence-electron chi connectivity index (χ4n) is 2.85. The number of rotatable bonds is 6. The van der Waals surface area contributed by atoms with Gasteiger partial charge in [0.25, 0.3) is 0 Å². The minimum atomic E-state index is -2.85. The van der Waals surface area contributed by atoms with Gasteiger partial charge in [0.2, 0.25) is 5.91 Å². The molecule has 9 heteroatoms. The number of aryl methyl sites for hydroxylation is 1. The third-order valence-corrected chi connectivity index (χ3v) is 5.24. The van der Waals surface area contributed by atoms with E-state index >= 15 is 0 Å². The van der Waals surface area contributed by atoms with E-state index in [9.17, 15) is 13.6 Å². The summed E-state index contributed by atoms with van der Waals surface area (Å²) in [6, 6.07) is 6.01. The predicted octanol–water partition coefficient (Wildman–Crippen LogP) is 3.38. The van der Waals surface area contributed by atoms with Crippen LogP contribution in [0.5, 0.6) is 5.75 Å². The molecule has 0 spiro atoms. The molecule has 1 aromatic carbocycles. The van der Waals surface area contributed by atoms with E-state index in [0.29, 0.717) is 24.0 Å². The zero-order chi connectivity index (χ0) is 19.4. The topological polar surface area (TPSA) is 63.7 Å². The minimum Gasteiger partial charge on any atom is -0.435 e. The van der Waals surface area contributed by atoms with Crippen LogP contribution in [-0.2, 0) is 9.53 Å². The van der Waals surface area contributed by atoms with Gasteiger partial charge in [0.1, 0.15) is 5.75 Å². The van der Waals surface area contributed by atoms with E-state index in [2.05, 4.69) is 19.9 Å². The van der Waals surface area contributed by atoms with Crippen molar-refractivity contribution in [1.29, 1.82) is 0 Å². The van der Waals surface area contributed by atoms with Crippen LogP contribution in [0.1, 0.15) is 11.8 Å². The Hall–Kier alpha value is -2.10. The molecule has 6 nitrogen and oxygen atoms in total. The lowest BCUT2D eigenvalue weighted by Gasteiger charge is -2.31. The van der Waals surface area contributed by atoms with Crippen molar-refractivity contribution in [3.05, 3.63) is 29.1 Å². The number of nitrogens with one attached hydrogen (secondary N) is 1. The minimum absolute atomic E-state index is 0.0921. The van der Waals surface area contributed by atoms with Crippen molar-refractivity contribution in [2.75, 3.05) is 31.6 Å². The molecule has 1 saturated heterocycles. The molecular formula is C18H21F2N3O3S. The van der Waals surface area contributed by atoms with E-state index < -0.39 is 6.61 Å². The lowest BCUT2D eigenvalue weighted by atomic mass is 10.1. The van der Waals surface area contributed by atoms with Crippen molar-refractivity contribution < 1.29 is 23.0 Å². The van der Waals surface area contributed by atoms with E-state index in [1.54, 1.807) is 12.1 Å². The van der Waals surface area contributed by atoms with Crippen molar-refractivity contribution in [2.24, 2.45) is 0 Å². The van der Waals surface area contributed by atoms with Crippen LogP contribution >= 0.6 is 11.3 Å². The summed E-state index contributed by atoms with van der Waals surface area (Å²) >= 11 is 1.38. The van der Waals surface area contributed by atoms with Crippen LogP contribution in [0.2, 0.25) is 0 Å². The van der Waals surface area contributed by atoms with Gasteiger partial charge in [0.15, 0.2) is 5.13 Å². The Labute approximate surface area is 160 Å². The van der Waals surface area contributed by atoms with E-state index in [1.165, 1.54) is 23.5 Å². The zero-order valence-corrected chi connectivity index (χ0v) is 15.9. The highest BCUT2D eigenvalue weighted by atomic mass is 32.1. The second-order valence-electron chi connectivity index (χ2n) is 6.14. The first-order valence-electron chi connectivity index (χ1n) is 8.59. The van der Waals surface area contributed by atoms with Crippen molar-refractivity contribution in [1.82, 2.24) is 9.88 Å². The highest BCUT2D eigenvalue weighted by Crippen LogP contribution is 2.31. The third-order valence-electron chi connectivity index (χ3n) is 4.35. The van der Waals surface area contributed by atoms with Gasteiger partial charge in [-0.15, -0.1) is 11.3 Å². The summed E-state index contributed by atoms with van der Waals surface area (Å²) in [5, 5.41) is 3.38. The molecule has 1 N–H and O–H groups in total. The van der Waals surface area contributed by atoms with Crippen molar-refractivity contribution in [2.45, 2.75) is 26.5 Å². The Kier molecular flexibility index (Phi) is 6.35. The zero-order valence-electron chi connectivity index (χ0n) is 15.1. The Balaban J connectivity index is 1.67. The summed E-state index contributed by atoms with van der Waals surface area (Å²) in [4.78, 5) is 20.0. The SMILES string of the molecule is Cc1sc(NC(=O)C(C)N2CCOCC2)nc1-c1ccc(OC(F)F)cc1. The molecule has 0 bridgehead atoms. The molecular weight excluding hydrogens is 376 g/mol. The summed E-state index contributed by atoms with van der Waals surface area (Å²) in [5.41, 5.74) is 1.48. The van der Waals surface area contributed by atoms with Gasteiger partial charge in [-0.05, 0) is 38.1 Å². The molecule has 0 aliphatic carbocycles. The van der Waals surface area contributed by atoms with Crippen LogP contribution in [0.4, 0.5) is 13.9 Å². The number of nitrogens with zero attached hydrogens (tertiary/aromatic N) is 2. The van der Waals surface area contributed by atoms with E-state index in [4.69, 9.17) is 4.74 Å². The molecule has 0 radical (unpaired) electrons. The second-order valence-corrected chi connectivity index (χ2v) is 7.34. The Morgan fingerprint density at radius 2 is 1.96 bits per heavy atom. The number of hydrogen-bond acceptors (Lipinski definition) is 6. The van der Waals surface area contributed by atoms with Crippen LogP contribution in [0.15, 0.2) is 24.3 Å². The molecule has 2 aromatic rings. The number of hydrogen-bond donors (Lipinski definition) is 1. The molecule has 0 saturated carbocycles. The monoisotopic (exact) mass is 397 g/mol. The summed E-state index contributed by atoms with van der Waals surface area (Å²) in [6.07, 6.45) is 0. The second kappa shape index (κ2) is 8.73. The van der Waals surface area contributed by atoms with Gasteiger partial charge in [-0.3, -0.25) is 9.69 Å². The van der Waals surface area contributed by atoms with E-state index in [1.807, 2.05) is 13.8 Å². The van der Waals surface area contributed by atoms with Crippen LogP contribution in [0.3, 0.4) is 0 Å². The molecule has 1 fully saturated rings. The maximum Gasteiger partial charge on any atom is 0.387 e. The fourth-order valence-corrected chi connectivity index (χ4v) is 3.69. The average molecular weight is 397 g/mol. The first-order valence-corrected chi connectivity index (χ1v) is 9.41. The number of carbonyl (C=O) groups is 1. The summed E-state index contributed by atoms with van der Waals surface area (Å²) in [7, 11) is 0. The van der Waals surface area contributed by atoms with Gasteiger partial charge >= 0.3 is 6.61 Å². The highest BCUT2D eigenvalue weighted by Gasteiger charge is 2.24. The Morgan fingerprint density at radius 3 is 2.59 bits per heavy atom. The first-order chi connectivity index (χ1) is 12.9. The summed E-state index contributed by atoms with van der Waals surface area (Å²) in [5.74, 6) is -0.0209. The number of thiazole rings is 1. The van der Waals surface area contributed by atoms with Gasteiger partial charge in [-0.2, -0.15) is 8.78 Å². The predicted molar refractivity (Wildman–Crippen MR) is 99.4 cm³/mol. The molecule has 27 heavy (non-hydrogen) atoms. The van der Waals surface area contributed by atoms with Gasteiger partial charge in [0, 0.05) is 23.5 Å². The standard InChI is InChI=1S/C18H21F2N3O3S/c1-11(23-7-9-25-10-8-23)16(24)22-18-21-15(12(2)27-18)13-3-5-14(6-4-13)26-17(19)20/h3-6,11,17H,7-10H2,1-2H3,(H,21,22,24).